The van der Waals surface area contributed by atoms with Gasteiger partial charge in [-0.3, -0.25) is 4.79 Å². The van der Waals surface area contributed by atoms with E-state index in [1.807, 2.05) is 6.07 Å². The topological polar surface area (TPSA) is 37.3 Å². The largest absolute Gasteiger partial charge is 0.481 e. The van der Waals surface area contributed by atoms with Crippen LogP contribution in [-0.4, -0.2) is 11.1 Å². The Morgan fingerprint density at radius 3 is 2.67 bits per heavy atom. The predicted octanol–water partition coefficient (Wildman–Crippen LogP) is 1.87. The van der Waals surface area contributed by atoms with Crippen molar-refractivity contribution in [3.63, 3.8) is 0 Å². The molecule has 0 bridgehead atoms. The quantitative estimate of drug-likeness (QED) is 0.724. The van der Waals surface area contributed by atoms with Crippen molar-refractivity contribution >= 4 is 5.97 Å². The highest BCUT2D eigenvalue weighted by Crippen LogP contribution is 2.47. The average Bonchev–Trinajstić information content (AvgIpc) is 2.71. The number of aliphatic carboxylic acids is 1. The van der Waals surface area contributed by atoms with Crippen LogP contribution in [0.4, 0.5) is 0 Å². The maximum absolute atomic E-state index is 10.7. The van der Waals surface area contributed by atoms with Crippen molar-refractivity contribution in [2.24, 2.45) is 5.92 Å². The Morgan fingerprint density at radius 2 is 2.17 bits per heavy atom. The van der Waals surface area contributed by atoms with Gasteiger partial charge in [-0.1, -0.05) is 30.3 Å². The lowest BCUT2D eigenvalue weighted by Crippen LogP contribution is -1.98. The monoisotopic (exact) mass is 164 g/mol. The summed E-state index contributed by atoms with van der Waals surface area (Å²) in [6.45, 7) is 0. The molecule has 2 rings (SSSR count). The number of benzene rings is 1. The predicted molar refractivity (Wildman–Crippen MR) is 44.9 cm³/mol. The van der Waals surface area contributed by atoms with Crippen molar-refractivity contribution in [1.82, 2.24) is 0 Å². The van der Waals surface area contributed by atoms with Crippen LogP contribution < -0.4 is 0 Å². The average molecular weight is 164 g/mol. The van der Waals surface area contributed by atoms with Gasteiger partial charge in [0.1, 0.15) is 0 Å². The normalized spacial score (nSPS) is 33.3. The Labute approximate surface area is 73.7 Å². The second-order valence-electron chi connectivity index (χ2n) is 2.87. The fourth-order valence-electron chi connectivity index (χ4n) is 1.30. The summed E-state index contributed by atoms with van der Waals surface area (Å²) in [6, 6.07) is 8.96. The molecule has 0 unspecified atom stereocenters. The van der Waals surface area contributed by atoms with Gasteiger partial charge in [-0.2, -0.15) is 0 Å². The molecule has 1 N–H and O–H groups in total. The molecule has 0 amide bonds. The summed E-state index contributed by atoms with van der Waals surface area (Å²) in [6.07, 6.45) is -1.59. The zero-order valence-electron chi connectivity index (χ0n) is 8.40. The van der Waals surface area contributed by atoms with Crippen molar-refractivity contribution in [2.75, 3.05) is 0 Å². The molecule has 0 saturated heterocycles. The van der Waals surface area contributed by atoms with Crippen LogP contribution in [0, 0.1) is 5.92 Å². The SMILES string of the molecule is [2H]C1([2H])[C@@H](C(=O)O)[C@@H]1c1ccccc1. The van der Waals surface area contributed by atoms with Crippen LogP contribution in [-0.2, 0) is 4.79 Å². The van der Waals surface area contributed by atoms with E-state index in [1.165, 1.54) is 0 Å². The van der Waals surface area contributed by atoms with Crippen LogP contribution in [0.3, 0.4) is 0 Å². The first-order valence-electron chi connectivity index (χ1n) is 4.83. The molecule has 0 spiro atoms. The molecular formula is C10H10O2. The molecule has 0 aliphatic heterocycles. The van der Waals surface area contributed by atoms with Crippen molar-refractivity contribution in [3.05, 3.63) is 35.9 Å². The summed E-state index contributed by atoms with van der Waals surface area (Å²) in [5, 5.41) is 8.78. The van der Waals surface area contributed by atoms with Gasteiger partial charge in [0.25, 0.3) is 0 Å². The molecule has 12 heavy (non-hydrogen) atoms. The lowest BCUT2D eigenvalue weighted by Gasteiger charge is -1.95. The Hall–Kier alpha value is -1.31. The summed E-state index contributed by atoms with van der Waals surface area (Å²) in [7, 11) is 0. The molecule has 2 atom stereocenters. The van der Waals surface area contributed by atoms with E-state index < -0.39 is 24.2 Å². The van der Waals surface area contributed by atoms with Crippen molar-refractivity contribution < 1.29 is 12.6 Å². The maximum atomic E-state index is 10.7. The molecule has 2 heteroatoms. The van der Waals surface area contributed by atoms with Crippen LogP contribution in [0.25, 0.3) is 0 Å². The Kier molecular flexibility index (Phi) is 1.17. The summed E-state index contributed by atoms with van der Waals surface area (Å²) < 4.78 is 15.0. The third-order valence-corrected chi connectivity index (χ3v) is 2.01. The molecular weight excluding hydrogens is 152 g/mol. The molecule has 0 heterocycles. The van der Waals surface area contributed by atoms with Crippen molar-refractivity contribution in [1.29, 1.82) is 0 Å². The van der Waals surface area contributed by atoms with E-state index in [4.69, 9.17) is 7.85 Å². The molecule has 1 aliphatic carbocycles. The Balaban J connectivity index is 2.28. The minimum absolute atomic E-state index is 0.485. The summed E-state index contributed by atoms with van der Waals surface area (Å²) in [5.74, 6) is -2.42. The van der Waals surface area contributed by atoms with Gasteiger partial charge in [-0.15, -0.1) is 0 Å². The van der Waals surface area contributed by atoms with Crippen LogP contribution in [0.5, 0.6) is 0 Å². The second-order valence-corrected chi connectivity index (χ2v) is 2.87. The molecule has 1 aromatic carbocycles. The first-order chi connectivity index (χ1) is 6.55. The minimum Gasteiger partial charge on any atom is -0.481 e. The lowest BCUT2D eigenvalue weighted by atomic mass is 10.1. The highest BCUT2D eigenvalue weighted by atomic mass is 16.4. The third-order valence-electron chi connectivity index (χ3n) is 2.01. The van der Waals surface area contributed by atoms with E-state index in [-0.39, 0.29) is 0 Å². The summed E-state index contributed by atoms with van der Waals surface area (Å²) >= 11 is 0. The second kappa shape index (κ2) is 2.63. The highest BCUT2D eigenvalue weighted by molar-refractivity contribution is 5.75. The van der Waals surface area contributed by atoms with Crippen molar-refractivity contribution in [3.8, 4) is 0 Å². The standard InChI is InChI=1S/C10H10O2/c11-10(12)9-6-8(9)7-4-2-1-3-5-7/h1-5,8-9H,6H2,(H,11,12)/t8-,9+/m0/s1/i6D2. The van der Waals surface area contributed by atoms with Gasteiger partial charge >= 0.3 is 5.97 Å². The fourth-order valence-corrected chi connectivity index (χ4v) is 1.30. The maximum Gasteiger partial charge on any atom is 0.307 e. The van der Waals surface area contributed by atoms with E-state index in [9.17, 15) is 4.79 Å². The number of carbonyl (C=O) groups is 1. The molecule has 62 valence electrons. The highest BCUT2D eigenvalue weighted by Gasteiger charge is 2.43. The van der Waals surface area contributed by atoms with Gasteiger partial charge in [-0.25, -0.2) is 0 Å². The van der Waals surface area contributed by atoms with Gasteiger partial charge in [0.05, 0.1) is 5.92 Å². The van der Waals surface area contributed by atoms with E-state index >= 15 is 0 Å². The van der Waals surface area contributed by atoms with Crippen LogP contribution in [0.15, 0.2) is 30.3 Å². The molecule has 0 radical (unpaired) electrons. The smallest absolute Gasteiger partial charge is 0.307 e. The van der Waals surface area contributed by atoms with Gasteiger partial charge in [0, 0.05) is 2.74 Å². The van der Waals surface area contributed by atoms with Crippen molar-refractivity contribution in [2.45, 2.75) is 12.3 Å². The Morgan fingerprint density at radius 1 is 1.50 bits per heavy atom. The zero-order valence-corrected chi connectivity index (χ0v) is 6.40. The molecule has 1 aliphatic rings. The van der Waals surface area contributed by atoms with Crippen LogP contribution in [0.1, 0.15) is 20.6 Å². The first-order valence-corrected chi connectivity index (χ1v) is 3.83. The van der Waals surface area contributed by atoms with Gasteiger partial charge in [0.2, 0.25) is 0 Å². The van der Waals surface area contributed by atoms with E-state index in [2.05, 4.69) is 0 Å². The van der Waals surface area contributed by atoms with E-state index in [0.29, 0.717) is 0 Å². The number of carboxylic acid groups (broad SMARTS) is 1. The van der Waals surface area contributed by atoms with Gasteiger partial charge in [0.15, 0.2) is 0 Å². The molecule has 1 saturated carbocycles. The number of hydrogen-bond donors (Lipinski definition) is 1. The van der Waals surface area contributed by atoms with E-state index in [1.54, 1.807) is 24.3 Å². The molecule has 1 fully saturated rings. The minimum atomic E-state index is -1.59. The lowest BCUT2D eigenvalue weighted by molar-refractivity contribution is -0.138. The summed E-state index contributed by atoms with van der Waals surface area (Å²) in [4.78, 5) is 10.7. The zero-order chi connectivity index (χ0) is 10.3. The van der Waals surface area contributed by atoms with Gasteiger partial charge < -0.3 is 5.11 Å². The molecule has 2 nitrogen and oxygen atoms in total. The van der Waals surface area contributed by atoms with Crippen LogP contribution >= 0.6 is 0 Å². The number of carboxylic acids is 1. The number of hydrogen-bond acceptors (Lipinski definition) is 1. The number of rotatable bonds is 2. The Bertz CT molecular complexity index is 362. The summed E-state index contributed by atoms with van der Waals surface area (Å²) in [5.41, 5.74) is 0.768. The third kappa shape index (κ3) is 1.20. The fraction of sp³-hybridized carbons (Fsp3) is 0.300. The first kappa shape index (κ1) is 5.36. The molecule has 0 aromatic heterocycles. The van der Waals surface area contributed by atoms with Crippen LogP contribution in [0.2, 0.25) is 0 Å². The molecule has 1 aromatic rings. The van der Waals surface area contributed by atoms with Gasteiger partial charge in [-0.05, 0) is 17.9 Å². The van der Waals surface area contributed by atoms with E-state index in [0.717, 1.165) is 5.56 Å².